The van der Waals surface area contributed by atoms with Crippen molar-refractivity contribution in [3.05, 3.63) is 42.0 Å². The van der Waals surface area contributed by atoms with Gasteiger partial charge in [0.25, 0.3) is 0 Å². The number of aliphatic imine (C=N–C) groups is 1. The standard InChI is InChI=1S/C22H35N3O2/c1-6-7-8-13-25(4)21(23-3)24-17-22(11-14-27-15-12-22)19-16-18(2)9-10-20(19)26-5/h6,9-10,16H,1,7-8,11-15,17H2,2-5H3,(H,23,24). The molecule has 1 N–H and O–H groups in total. The van der Waals surface area contributed by atoms with Gasteiger partial charge in [-0.3, -0.25) is 4.99 Å². The Morgan fingerprint density at radius 1 is 1.41 bits per heavy atom. The highest BCUT2D eigenvalue weighted by Crippen LogP contribution is 2.40. The maximum absolute atomic E-state index is 5.71. The van der Waals surface area contributed by atoms with Crippen molar-refractivity contribution >= 4 is 5.96 Å². The summed E-state index contributed by atoms with van der Waals surface area (Å²) in [6.45, 7) is 9.24. The number of rotatable bonds is 8. The molecule has 150 valence electrons. The summed E-state index contributed by atoms with van der Waals surface area (Å²) in [6.07, 6.45) is 5.99. The fraction of sp³-hybridized carbons (Fsp3) is 0.591. The number of nitrogens with one attached hydrogen (secondary N) is 1. The number of hydrogen-bond donors (Lipinski definition) is 1. The van der Waals surface area contributed by atoms with Gasteiger partial charge in [-0.15, -0.1) is 6.58 Å². The fourth-order valence-corrected chi connectivity index (χ4v) is 3.75. The molecular weight excluding hydrogens is 338 g/mol. The highest BCUT2D eigenvalue weighted by Gasteiger charge is 2.37. The Kier molecular flexibility index (Phi) is 8.17. The van der Waals surface area contributed by atoms with Crippen LogP contribution < -0.4 is 10.1 Å². The molecule has 1 aliphatic heterocycles. The zero-order valence-electron chi connectivity index (χ0n) is 17.4. The molecule has 0 aromatic heterocycles. The van der Waals surface area contributed by atoms with Crippen LogP contribution in [0.1, 0.15) is 36.8 Å². The van der Waals surface area contributed by atoms with Crippen LogP contribution in [0.5, 0.6) is 5.75 Å². The van der Waals surface area contributed by atoms with Crippen LogP contribution >= 0.6 is 0 Å². The first-order valence-corrected chi connectivity index (χ1v) is 9.82. The minimum Gasteiger partial charge on any atom is -0.496 e. The molecule has 5 heteroatoms. The Morgan fingerprint density at radius 2 is 2.15 bits per heavy atom. The zero-order chi connectivity index (χ0) is 19.7. The number of methoxy groups -OCH3 is 1. The molecule has 2 rings (SSSR count). The first-order chi connectivity index (χ1) is 13.1. The van der Waals surface area contributed by atoms with E-state index in [0.29, 0.717) is 0 Å². The third kappa shape index (κ3) is 5.48. The molecular formula is C22H35N3O2. The largest absolute Gasteiger partial charge is 0.496 e. The summed E-state index contributed by atoms with van der Waals surface area (Å²) >= 11 is 0. The average Bonchev–Trinajstić information content (AvgIpc) is 2.69. The van der Waals surface area contributed by atoms with E-state index in [2.05, 4.69) is 54.0 Å². The Morgan fingerprint density at radius 3 is 2.78 bits per heavy atom. The SMILES string of the molecule is C=CCCCN(C)C(=NC)NCC1(c2cc(C)ccc2OC)CCOCC1. The average molecular weight is 374 g/mol. The van der Waals surface area contributed by atoms with Crippen LogP contribution in [0, 0.1) is 6.92 Å². The van der Waals surface area contributed by atoms with E-state index in [0.717, 1.165) is 63.7 Å². The normalized spacial score (nSPS) is 16.7. The summed E-state index contributed by atoms with van der Waals surface area (Å²) in [5, 5.41) is 3.61. The van der Waals surface area contributed by atoms with Gasteiger partial charge in [-0.1, -0.05) is 23.8 Å². The number of ether oxygens (including phenoxy) is 2. The molecule has 1 aliphatic rings. The number of allylic oxidation sites excluding steroid dienone is 1. The van der Waals surface area contributed by atoms with Crippen LogP contribution in [-0.2, 0) is 10.2 Å². The summed E-state index contributed by atoms with van der Waals surface area (Å²) in [5.74, 6) is 1.88. The van der Waals surface area contributed by atoms with Crippen LogP contribution in [0.4, 0.5) is 0 Å². The Balaban J connectivity index is 2.19. The summed E-state index contributed by atoms with van der Waals surface area (Å²) in [4.78, 5) is 6.66. The van der Waals surface area contributed by atoms with E-state index >= 15 is 0 Å². The number of nitrogens with zero attached hydrogens (tertiary/aromatic N) is 2. The van der Waals surface area contributed by atoms with Crippen molar-refractivity contribution in [1.29, 1.82) is 0 Å². The van der Waals surface area contributed by atoms with E-state index in [1.54, 1.807) is 7.11 Å². The van der Waals surface area contributed by atoms with Crippen molar-refractivity contribution in [2.24, 2.45) is 4.99 Å². The lowest BCUT2D eigenvalue weighted by molar-refractivity contribution is 0.0503. The molecule has 1 heterocycles. The van der Waals surface area contributed by atoms with E-state index < -0.39 is 0 Å². The predicted molar refractivity (Wildman–Crippen MR) is 113 cm³/mol. The molecule has 0 aliphatic carbocycles. The highest BCUT2D eigenvalue weighted by molar-refractivity contribution is 5.79. The molecule has 0 bridgehead atoms. The van der Waals surface area contributed by atoms with Crippen molar-refractivity contribution in [2.45, 2.75) is 38.0 Å². The van der Waals surface area contributed by atoms with E-state index in [9.17, 15) is 0 Å². The molecule has 27 heavy (non-hydrogen) atoms. The van der Waals surface area contributed by atoms with Crippen LogP contribution in [-0.4, -0.2) is 58.4 Å². The maximum Gasteiger partial charge on any atom is 0.193 e. The molecule has 0 atom stereocenters. The molecule has 1 aromatic rings. The quantitative estimate of drug-likeness (QED) is 0.328. The smallest absolute Gasteiger partial charge is 0.193 e. The lowest BCUT2D eigenvalue weighted by atomic mass is 9.73. The first-order valence-electron chi connectivity index (χ1n) is 9.82. The summed E-state index contributed by atoms with van der Waals surface area (Å²) in [5.41, 5.74) is 2.50. The van der Waals surface area contributed by atoms with Crippen LogP contribution in [0.2, 0.25) is 0 Å². The first kappa shape index (κ1) is 21.3. The molecule has 1 fully saturated rings. The van der Waals surface area contributed by atoms with Crippen LogP contribution in [0.25, 0.3) is 0 Å². The molecule has 0 radical (unpaired) electrons. The predicted octanol–water partition coefficient (Wildman–Crippen LogP) is 3.53. The van der Waals surface area contributed by atoms with Gasteiger partial charge in [0.05, 0.1) is 7.11 Å². The number of guanidine groups is 1. The van der Waals surface area contributed by atoms with Crippen LogP contribution in [0.15, 0.2) is 35.8 Å². The van der Waals surface area contributed by atoms with Gasteiger partial charge in [0.15, 0.2) is 5.96 Å². The van der Waals surface area contributed by atoms with E-state index in [-0.39, 0.29) is 5.41 Å². The third-order valence-corrected chi connectivity index (χ3v) is 5.44. The topological polar surface area (TPSA) is 46.1 Å². The summed E-state index contributed by atoms with van der Waals surface area (Å²) in [6, 6.07) is 6.45. The number of benzene rings is 1. The minimum absolute atomic E-state index is 0.0203. The van der Waals surface area contributed by atoms with Crippen molar-refractivity contribution in [3.8, 4) is 5.75 Å². The van der Waals surface area contributed by atoms with Gasteiger partial charge in [0, 0.05) is 51.4 Å². The monoisotopic (exact) mass is 373 g/mol. The van der Waals surface area contributed by atoms with Crippen molar-refractivity contribution < 1.29 is 9.47 Å². The minimum atomic E-state index is -0.0203. The van der Waals surface area contributed by atoms with Gasteiger partial charge in [0.2, 0.25) is 0 Å². The Bertz CT molecular complexity index is 636. The van der Waals surface area contributed by atoms with Gasteiger partial charge < -0.3 is 19.7 Å². The molecule has 0 saturated carbocycles. The Hall–Kier alpha value is -2.01. The second kappa shape index (κ2) is 10.4. The molecule has 0 amide bonds. The van der Waals surface area contributed by atoms with Gasteiger partial charge in [-0.2, -0.15) is 0 Å². The maximum atomic E-state index is 5.71. The molecule has 0 unspecified atom stereocenters. The number of aryl methyl sites for hydroxylation is 1. The van der Waals surface area contributed by atoms with Gasteiger partial charge in [-0.25, -0.2) is 0 Å². The van der Waals surface area contributed by atoms with Gasteiger partial charge in [-0.05, 0) is 38.7 Å². The highest BCUT2D eigenvalue weighted by atomic mass is 16.5. The summed E-state index contributed by atoms with van der Waals surface area (Å²) in [7, 11) is 5.68. The van der Waals surface area contributed by atoms with Gasteiger partial charge >= 0.3 is 0 Å². The number of hydrogen-bond acceptors (Lipinski definition) is 3. The fourth-order valence-electron chi connectivity index (χ4n) is 3.75. The molecule has 5 nitrogen and oxygen atoms in total. The molecule has 1 aromatic carbocycles. The van der Waals surface area contributed by atoms with Crippen molar-refractivity contribution in [1.82, 2.24) is 10.2 Å². The zero-order valence-corrected chi connectivity index (χ0v) is 17.4. The lowest BCUT2D eigenvalue weighted by Gasteiger charge is -2.39. The van der Waals surface area contributed by atoms with E-state index in [4.69, 9.17) is 9.47 Å². The summed E-state index contributed by atoms with van der Waals surface area (Å²) < 4.78 is 11.4. The van der Waals surface area contributed by atoms with Crippen LogP contribution in [0.3, 0.4) is 0 Å². The second-order valence-electron chi connectivity index (χ2n) is 7.35. The van der Waals surface area contributed by atoms with Crippen molar-refractivity contribution in [3.63, 3.8) is 0 Å². The van der Waals surface area contributed by atoms with Gasteiger partial charge in [0.1, 0.15) is 5.75 Å². The Labute approximate surface area is 164 Å². The molecule has 0 spiro atoms. The van der Waals surface area contributed by atoms with E-state index in [1.807, 2.05) is 13.1 Å². The number of unbranched alkanes of at least 4 members (excludes halogenated alkanes) is 1. The third-order valence-electron chi connectivity index (χ3n) is 5.44. The van der Waals surface area contributed by atoms with Crippen molar-refractivity contribution in [2.75, 3.05) is 47.5 Å². The molecule has 1 saturated heterocycles. The van der Waals surface area contributed by atoms with E-state index in [1.165, 1.54) is 11.1 Å². The lowest BCUT2D eigenvalue weighted by Crippen LogP contribution is -2.48. The second-order valence-corrected chi connectivity index (χ2v) is 7.35.